The second-order valence-corrected chi connectivity index (χ2v) is 2.11. The quantitative estimate of drug-likeness (QED) is 0.444. The first-order chi connectivity index (χ1) is 4.22. The fraction of sp³-hybridized carbons (Fsp3) is 0.800. The number of amides is 1. The first-order valence-corrected chi connectivity index (χ1v) is 2.91. The van der Waals surface area contributed by atoms with E-state index in [-0.39, 0.29) is 0 Å². The smallest absolute Gasteiger partial charge is 0.248 e. The predicted molar refractivity (Wildman–Crippen MR) is 28.5 cm³/mol. The maximum Gasteiger partial charge on any atom is 0.248 e. The number of aliphatic hydroxyl groups is 1. The van der Waals surface area contributed by atoms with Gasteiger partial charge < -0.3 is 5.11 Å². The summed E-state index contributed by atoms with van der Waals surface area (Å²) in [5.74, 6) is -0.395. The van der Waals surface area contributed by atoms with E-state index in [9.17, 15) is 4.79 Å². The third-order valence-corrected chi connectivity index (χ3v) is 1.39. The molecular weight excluding hydrogens is 122 g/mol. The lowest BCUT2D eigenvalue weighted by Gasteiger charge is -2.25. The molecule has 0 aromatic heterocycles. The molecule has 4 heteroatoms. The standard InChI is InChI=1S/C5H9NO3/c7-4-2-1-3-5(8)6(4)9/h4,7,9H,1-3H2. The summed E-state index contributed by atoms with van der Waals surface area (Å²) in [7, 11) is 0. The van der Waals surface area contributed by atoms with Gasteiger partial charge in [-0.3, -0.25) is 10.0 Å². The molecule has 4 nitrogen and oxygen atoms in total. The van der Waals surface area contributed by atoms with Crippen LogP contribution >= 0.6 is 0 Å². The van der Waals surface area contributed by atoms with E-state index in [2.05, 4.69) is 0 Å². The minimum absolute atomic E-state index is 0.341. The lowest BCUT2D eigenvalue weighted by Crippen LogP contribution is -2.40. The summed E-state index contributed by atoms with van der Waals surface area (Å²) in [6.45, 7) is 0. The van der Waals surface area contributed by atoms with Gasteiger partial charge >= 0.3 is 0 Å². The van der Waals surface area contributed by atoms with Crippen molar-refractivity contribution in [2.45, 2.75) is 25.5 Å². The predicted octanol–water partition coefficient (Wildman–Crippen LogP) is -0.294. The van der Waals surface area contributed by atoms with Crippen molar-refractivity contribution in [3.05, 3.63) is 0 Å². The summed E-state index contributed by atoms with van der Waals surface area (Å²) in [6.07, 6.45) is 0.499. The highest BCUT2D eigenvalue weighted by atomic mass is 16.5. The second-order valence-electron chi connectivity index (χ2n) is 2.11. The third-order valence-electron chi connectivity index (χ3n) is 1.39. The van der Waals surface area contributed by atoms with Crippen LogP contribution < -0.4 is 0 Å². The second kappa shape index (κ2) is 2.33. The molecule has 1 aliphatic rings. The third kappa shape index (κ3) is 1.20. The Morgan fingerprint density at radius 3 is 2.78 bits per heavy atom. The molecule has 1 atom stereocenters. The van der Waals surface area contributed by atoms with Crippen molar-refractivity contribution >= 4 is 5.91 Å². The van der Waals surface area contributed by atoms with Gasteiger partial charge in [0.2, 0.25) is 5.91 Å². The van der Waals surface area contributed by atoms with Crippen LogP contribution in [0.1, 0.15) is 19.3 Å². The SMILES string of the molecule is O=C1CCCC(O)N1O. The fourth-order valence-corrected chi connectivity index (χ4v) is 0.839. The molecule has 1 rings (SSSR count). The molecule has 0 aliphatic carbocycles. The number of carbonyl (C=O) groups is 1. The van der Waals surface area contributed by atoms with E-state index < -0.39 is 12.1 Å². The molecule has 0 bridgehead atoms. The van der Waals surface area contributed by atoms with Gasteiger partial charge in [0.25, 0.3) is 0 Å². The van der Waals surface area contributed by atoms with Crippen molar-refractivity contribution in [2.75, 3.05) is 0 Å². The van der Waals surface area contributed by atoms with Crippen LogP contribution in [0.15, 0.2) is 0 Å². The lowest BCUT2D eigenvalue weighted by atomic mass is 10.1. The minimum atomic E-state index is -0.980. The Balaban J connectivity index is 2.51. The van der Waals surface area contributed by atoms with Gasteiger partial charge in [-0.15, -0.1) is 0 Å². The van der Waals surface area contributed by atoms with E-state index in [0.717, 1.165) is 0 Å². The zero-order valence-electron chi connectivity index (χ0n) is 4.95. The number of aliphatic hydroxyl groups excluding tert-OH is 1. The summed E-state index contributed by atoms with van der Waals surface area (Å²) in [5, 5.41) is 17.9. The molecule has 1 aliphatic heterocycles. The Kier molecular flexibility index (Phi) is 1.68. The lowest BCUT2D eigenvalue weighted by molar-refractivity contribution is -0.214. The van der Waals surface area contributed by atoms with Gasteiger partial charge in [-0.25, -0.2) is 0 Å². The molecule has 0 aromatic rings. The topological polar surface area (TPSA) is 60.8 Å². The molecular formula is C5H9NO3. The first-order valence-electron chi connectivity index (χ1n) is 2.91. The van der Waals surface area contributed by atoms with Crippen molar-refractivity contribution in [1.29, 1.82) is 0 Å². The zero-order valence-corrected chi connectivity index (χ0v) is 4.95. The first kappa shape index (κ1) is 6.51. The Bertz CT molecular complexity index is 125. The maximum atomic E-state index is 10.5. The van der Waals surface area contributed by atoms with Gasteiger partial charge in [0.1, 0.15) is 0 Å². The zero-order chi connectivity index (χ0) is 6.85. The van der Waals surface area contributed by atoms with Crippen LogP contribution in [-0.2, 0) is 4.79 Å². The molecule has 9 heavy (non-hydrogen) atoms. The fourth-order valence-electron chi connectivity index (χ4n) is 0.839. The van der Waals surface area contributed by atoms with Crippen LogP contribution in [0, 0.1) is 0 Å². The molecule has 1 fully saturated rings. The van der Waals surface area contributed by atoms with Gasteiger partial charge in [-0.2, -0.15) is 5.06 Å². The highest BCUT2D eigenvalue weighted by Crippen LogP contribution is 2.12. The van der Waals surface area contributed by atoms with Gasteiger partial charge in [0.15, 0.2) is 6.23 Å². The average molecular weight is 131 g/mol. The summed E-state index contributed by atoms with van der Waals surface area (Å²) in [4.78, 5) is 10.5. The van der Waals surface area contributed by atoms with E-state index in [1.54, 1.807) is 0 Å². The van der Waals surface area contributed by atoms with Crippen LogP contribution in [0.2, 0.25) is 0 Å². The van der Waals surface area contributed by atoms with Crippen LogP contribution in [0.3, 0.4) is 0 Å². The molecule has 0 radical (unpaired) electrons. The summed E-state index contributed by atoms with van der Waals surface area (Å²) in [6, 6.07) is 0. The number of carbonyl (C=O) groups excluding carboxylic acids is 1. The molecule has 0 saturated carbocycles. The van der Waals surface area contributed by atoms with Crippen molar-refractivity contribution in [1.82, 2.24) is 5.06 Å². The summed E-state index contributed by atoms with van der Waals surface area (Å²) >= 11 is 0. The minimum Gasteiger partial charge on any atom is -0.371 e. The summed E-state index contributed by atoms with van der Waals surface area (Å²) < 4.78 is 0. The van der Waals surface area contributed by atoms with E-state index in [4.69, 9.17) is 10.3 Å². The molecule has 2 N–H and O–H groups in total. The van der Waals surface area contributed by atoms with E-state index >= 15 is 0 Å². The Morgan fingerprint density at radius 1 is 1.67 bits per heavy atom. The van der Waals surface area contributed by atoms with Crippen molar-refractivity contribution < 1.29 is 15.1 Å². The molecule has 1 amide bonds. The number of rotatable bonds is 0. The Hall–Kier alpha value is -0.610. The van der Waals surface area contributed by atoms with Gasteiger partial charge in [-0.05, 0) is 12.8 Å². The monoisotopic (exact) mass is 131 g/mol. The van der Waals surface area contributed by atoms with Crippen LogP contribution in [-0.4, -0.2) is 27.5 Å². The Labute approximate surface area is 52.7 Å². The molecule has 52 valence electrons. The number of nitrogens with zero attached hydrogens (tertiary/aromatic N) is 1. The number of piperidine rings is 1. The van der Waals surface area contributed by atoms with Crippen molar-refractivity contribution in [2.24, 2.45) is 0 Å². The normalized spacial score (nSPS) is 28.9. The molecule has 0 aromatic carbocycles. The van der Waals surface area contributed by atoms with E-state index in [0.29, 0.717) is 24.3 Å². The molecule has 1 saturated heterocycles. The van der Waals surface area contributed by atoms with Gasteiger partial charge in [0.05, 0.1) is 0 Å². The Morgan fingerprint density at radius 2 is 2.33 bits per heavy atom. The van der Waals surface area contributed by atoms with E-state index in [1.165, 1.54) is 0 Å². The molecule has 0 spiro atoms. The highest BCUT2D eigenvalue weighted by molar-refractivity contribution is 5.75. The maximum absolute atomic E-state index is 10.5. The van der Waals surface area contributed by atoms with Crippen molar-refractivity contribution in [3.8, 4) is 0 Å². The highest BCUT2D eigenvalue weighted by Gasteiger charge is 2.23. The number of hydrogen-bond acceptors (Lipinski definition) is 3. The van der Waals surface area contributed by atoms with Crippen LogP contribution in [0.5, 0.6) is 0 Å². The molecule has 1 unspecified atom stereocenters. The van der Waals surface area contributed by atoms with Gasteiger partial charge in [-0.1, -0.05) is 0 Å². The van der Waals surface area contributed by atoms with Crippen molar-refractivity contribution in [3.63, 3.8) is 0 Å². The molecule has 1 heterocycles. The number of hydroxylamine groups is 2. The van der Waals surface area contributed by atoms with E-state index in [1.807, 2.05) is 0 Å². The number of hydrogen-bond donors (Lipinski definition) is 2. The van der Waals surface area contributed by atoms with Gasteiger partial charge in [0, 0.05) is 6.42 Å². The average Bonchev–Trinajstić information content (AvgIpc) is 1.83. The largest absolute Gasteiger partial charge is 0.371 e. The summed E-state index contributed by atoms with van der Waals surface area (Å²) in [5.41, 5.74) is 0. The van der Waals surface area contributed by atoms with Crippen LogP contribution in [0.25, 0.3) is 0 Å². The van der Waals surface area contributed by atoms with Crippen LogP contribution in [0.4, 0.5) is 0 Å².